The quantitative estimate of drug-likeness (QED) is 0.415. The lowest BCUT2D eigenvalue weighted by molar-refractivity contribution is -0.384. The van der Waals surface area contributed by atoms with Crippen molar-refractivity contribution in [2.24, 2.45) is 0 Å². The number of hydrogen-bond donors (Lipinski definition) is 1. The molecule has 2 aromatic carbocycles. The van der Waals surface area contributed by atoms with E-state index < -0.39 is 4.92 Å². The van der Waals surface area contributed by atoms with Crippen molar-refractivity contribution in [3.8, 4) is 0 Å². The number of nitrogens with zero attached hydrogens (tertiary/aromatic N) is 3. The lowest BCUT2D eigenvalue weighted by Gasteiger charge is -2.36. The third kappa shape index (κ3) is 5.82. The smallest absolute Gasteiger partial charge is 0.270 e. The van der Waals surface area contributed by atoms with Crippen molar-refractivity contribution < 1.29 is 14.5 Å². The first-order valence-corrected chi connectivity index (χ1v) is 10.3. The van der Waals surface area contributed by atoms with E-state index in [1.807, 2.05) is 17.9 Å². The van der Waals surface area contributed by atoms with Gasteiger partial charge >= 0.3 is 0 Å². The van der Waals surface area contributed by atoms with Crippen molar-refractivity contribution in [2.45, 2.75) is 13.3 Å². The lowest BCUT2D eigenvalue weighted by Crippen LogP contribution is -2.48. The van der Waals surface area contributed by atoms with Crippen LogP contribution in [0, 0.1) is 10.1 Å². The molecule has 0 radical (unpaired) electrons. The van der Waals surface area contributed by atoms with Crippen LogP contribution in [0.5, 0.6) is 0 Å². The number of nitro benzene ring substituents is 1. The van der Waals surface area contributed by atoms with E-state index in [1.54, 1.807) is 24.3 Å². The molecule has 9 heteroatoms. The van der Waals surface area contributed by atoms with Crippen molar-refractivity contribution in [2.75, 3.05) is 36.4 Å². The van der Waals surface area contributed by atoms with Crippen LogP contribution in [-0.4, -0.2) is 47.8 Å². The summed E-state index contributed by atoms with van der Waals surface area (Å²) in [5.41, 5.74) is 1.92. The van der Waals surface area contributed by atoms with Crippen molar-refractivity contribution in [1.82, 2.24) is 4.90 Å². The SMILES string of the molecule is CCC(=O)N1CCN(c2ccc(NC(=O)/C=C/c3cccc([N+](=O)[O-])c3)cc2Cl)CC1. The van der Waals surface area contributed by atoms with Crippen LogP contribution >= 0.6 is 11.6 Å². The average Bonchev–Trinajstić information content (AvgIpc) is 2.77. The van der Waals surface area contributed by atoms with Gasteiger partial charge < -0.3 is 15.1 Å². The molecule has 2 amide bonds. The molecule has 162 valence electrons. The topological polar surface area (TPSA) is 95.8 Å². The predicted octanol–water partition coefficient (Wildman–Crippen LogP) is 3.96. The van der Waals surface area contributed by atoms with Crippen molar-refractivity contribution in [3.63, 3.8) is 0 Å². The molecule has 31 heavy (non-hydrogen) atoms. The Morgan fingerprint density at radius 2 is 1.90 bits per heavy atom. The molecule has 0 bridgehead atoms. The Balaban J connectivity index is 1.60. The van der Waals surface area contributed by atoms with E-state index in [9.17, 15) is 19.7 Å². The number of carbonyl (C=O) groups is 2. The number of amides is 2. The molecule has 1 heterocycles. The summed E-state index contributed by atoms with van der Waals surface area (Å²) in [5, 5.41) is 14.1. The fourth-order valence-corrected chi connectivity index (χ4v) is 3.66. The van der Waals surface area contributed by atoms with E-state index in [0.29, 0.717) is 48.9 Å². The fourth-order valence-electron chi connectivity index (χ4n) is 3.36. The van der Waals surface area contributed by atoms with E-state index in [1.165, 1.54) is 24.3 Å². The second-order valence-electron chi connectivity index (χ2n) is 7.06. The zero-order valence-corrected chi connectivity index (χ0v) is 17.8. The molecule has 0 unspecified atom stereocenters. The molecule has 1 aliphatic heterocycles. The third-order valence-electron chi connectivity index (χ3n) is 5.00. The van der Waals surface area contributed by atoms with Gasteiger partial charge in [0.05, 0.1) is 15.6 Å². The Hall–Kier alpha value is -3.39. The number of halogens is 1. The maximum atomic E-state index is 12.2. The summed E-state index contributed by atoms with van der Waals surface area (Å²) in [6.07, 6.45) is 3.32. The average molecular weight is 443 g/mol. The Labute approximate surface area is 185 Å². The summed E-state index contributed by atoms with van der Waals surface area (Å²) in [7, 11) is 0. The van der Waals surface area contributed by atoms with Crippen LogP contribution in [0.2, 0.25) is 5.02 Å². The first-order chi connectivity index (χ1) is 14.9. The summed E-state index contributed by atoms with van der Waals surface area (Å²) in [4.78, 5) is 38.4. The van der Waals surface area contributed by atoms with E-state index in [-0.39, 0.29) is 17.5 Å². The molecule has 1 aliphatic rings. The second-order valence-corrected chi connectivity index (χ2v) is 7.47. The highest BCUT2D eigenvalue weighted by atomic mass is 35.5. The van der Waals surface area contributed by atoms with Gasteiger partial charge in [0.2, 0.25) is 11.8 Å². The Bertz CT molecular complexity index is 1020. The fraction of sp³-hybridized carbons (Fsp3) is 0.273. The molecular weight excluding hydrogens is 420 g/mol. The molecule has 3 rings (SSSR count). The van der Waals surface area contributed by atoms with E-state index >= 15 is 0 Å². The van der Waals surface area contributed by atoms with Gasteiger partial charge in [-0.2, -0.15) is 0 Å². The number of carbonyl (C=O) groups excluding carboxylic acids is 2. The van der Waals surface area contributed by atoms with Crippen LogP contribution in [0.25, 0.3) is 6.08 Å². The largest absolute Gasteiger partial charge is 0.367 e. The summed E-state index contributed by atoms with van der Waals surface area (Å²) in [6.45, 7) is 4.57. The normalized spacial score (nSPS) is 14.0. The second kappa shape index (κ2) is 10.1. The maximum absolute atomic E-state index is 12.2. The molecule has 0 saturated carbocycles. The molecule has 0 aliphatic carbocycles. The molecule has 1 saturated heterocycles. The zero-order chi connectivity index (χ0) is 22.4. The van der Waals surface area contributed by atoms with E-state index in [0.717, 1.165) is 5.69 Å². The summed E-state index contributed by atoms with van der Waals surface area (Å²) < 4.78 is 0. The lowest BCUT2D eigenvalue weighted by atomic mass is 10.2. The zero-order valence-electron chi connectivity index (χ0n) is 17.1. The van der Waals surface area contributed by atoms with Gasteiger partial charge in [0.1, 0.15) is 0 Å². The number of nitro groups is 1. The van der Waals surface area contributed by atoms with Crippen molar-refractivity contribution in [3.05, 3.63) is 69.2 Å². The Morgan fingerprint density at radius 1 is 1.16 bits per heavy atom. The highest BCUT2D eigenvalue weighted by molar-refractivity contribution is 6.33. The number of hydrogen-bond acceptors (Lipinski definition) is 5. The standard InChI is InChI=1S/C22H23ClN4O4/c1-2-22(29)26-12-10-25(11-13-26)20-8-7-17(15-19(20)23)24-21(28)9-6-16-4-3-5-18(14-16)27(30)31/h3-9,14-15H,2,10-13H2,1H3,(H,24,28)/b9-6+. The van der Waals surface area contributed by atoms with Gasteiger partial charge in [-0.1, -0.05) is 30.7 Å². The maximum Gasteiger partial charge on any atom is 0.270 e. The Morgan fingerprint density at radius 3 is 2.55 bits per heavy atom. The number of non-ortho nitro benzene ring substituents is 1. The highest BCUT2D eigenvalue weighted by Crippen LogP contribution is 2.29. The van der Waals surface area contributed by atoms with Crippen LogP contribution in [0.4, 0.5) is 17.1 Å². The van der Waals surface area contributed by atoms with Gasteiger partial charge in [0.25, 0.3) is 5.69 Å². The minimum Gasteiger partial charge on any atom is -0.367 e. The van der Waals surface area contributed by atoms with Gasteiger partial charge in [-0.25, -0.2) is 0 Å². The van der Waals surface area contributed by atoms with Crippen molar-refractivity contribution >= 4 is 46.6 Å². The third-order valence-corrected chi connectivity index (χ3v) is 5.30. The molecule has 1 N–H and O–H groups in total. The first kappa shape index (κ1) is 22.3. The molecular formula is C22H23ClN4O4. The van der Waals surface area contributed by atoms with Gasteiger partial charge in [-0.3, -0.25) is 19.7 Å². The molecule has 2 aromatic rings. The number of nitrogens with one attached hydrogen (secondary N) is 1. The summed E-state index contributed by atoms with van der Waals surface area (Å²) in [6, 6.07) is 11.3. The molecule has 8 nitrogen and oxygen atoms in total. The van der Waals surface area contributed by atoms with Crippen LogP contribution in [-0.2, 0) is 9.59 Å². The van der Waals surface area contributed by atoms with Gasteiger partial charge in [-0.15, -0.1) is 0 Å². The van der Waals surface area contributed by atoms with Crippen molar-refractivity contribution in [1.29, 1.82) is 0 Å². The van der Waals surface area contributed by atoms with Crippen LogP contribution < -0.4 is 10.2 Å². The Kier molecular flexibility index (Phi) is 7.25. The van der Waals surface area contributed by atoms with E-state index in [4.69, 9.17) is 11.6 Å². The van der Waals surface area contributed by atoms with Crippen LogP contribution in [0.3, 0.4) is 0 Å². The molecule has 0 spiro atoms. The summed E-state index contributed by atoms with van der Waals surface area (Å²) >= 11 is 6.44. The minimum atomic E-state index is -0.484. The van der Waals surface area contributed by atoms with Gasteiger partial charge in [-0.05, 0) is 29.8 Å². The molecule has 0 aromatic heterocycles. The summed E-state index contributed by atoms with van der Waals surface area (Å²) in [5.74, 6) is -0.219. The van der Waals surface area contributed by atoms with Crippen LogP contribution in [0.15, 0.2) is 48.5 Å². The predicted molar refractivity (Wildman–Crippen MR) is 121 cm³/mol. The molecule has 1 fully saturated rings. The monoisotopic (exact) mass is 442 g/mol. The number of anilines is 2. The highest BCUT2D eigenvalue weighted by Gasteiger charge is 2.21. The van der Waals surface area contributed by atoms with Gasteiger partial charge in [0, 0.05) is 56.5 Å². The van der Waals surface area contributed by atoms with Gasteiger partial charge in [0.15, 0.2) is 0 Å². The molecule has 0 atom stereocenters. The number of benzene rings is 2. The van der Waals surface area contributed by atoms with E-state index in [2.05, 4.69) is 10.2 Å². The first-order valence-electron chi connectivity index (χ1n) is 9.93. The van der Waals surface area contributed by atoms with Crippen LogP contribution in [0.1, 0.15) is 18.9 Å². The number of piperazine rings is 1. The minimum absolute atomic E-state index is 0.0372. The number of rotatable bonds is 6.